The average molecular weight is 335 g/mol. The van der Waals surface area contributed by atoms with Gasteiger partial charge in [-0.1, -0.05) is 0 Å². The lowest BCUT2D eigenvalue weighted by atomic mass is 10.2. The Morgan fingerprint density at radius 1 is 1.48 bits per heavy atom. The molecule has 0 aromatic carbocycles. The molecule has 1 unspecified atom stereocenters. The third-order valence-electron chi connectivity index (χ3n) is 3.11. The molecule has 1 saturated heterocycles. The number of aliphatic hydroxyl groups excluding tert-OH is 1. The first kappa shape index (κ1) is 15.9. The number of thiophene rings is 1. The van der Waals surface area contributed by atoms with Gasteiger partial charge in [-0.2, -0.15) is 4.31 Å². The van der Waals surface area contributed by atoms with Crippen LogP contribution in [0.1, 0.15) is 16.1 Å². The molecule has 21 heavy (non-hydrogen) atoms. The fraction of sp³-hybridized carbons (Fsp3) is 0.455. The second-order valence-electron chi connectivity index (χ2n) is 4.42. The van der Waals surface area contributed by atoms with Crippen molar-refractivity contribution in [2.75, 3.05) is 13.7 Å². The molecule has 0 spiro atoms. The number of carbonyl (C=O) groups excluding carboxylic acids is 1. The molecule has 1 fully saturated rings. The Morgan fingerprint density at radius 3 is 2.71 bits per heavy atom. The SMILES string of the molecule is COC(=O)c1sccc1S(=O)(=O)N1CC(O)C[C@H]1C(=O)O. The number of aliphatic hydroxyl groups is 1. The number of esters is 1. The zero-order chi connectivity index (χ0) is 15.8. The first-order valence-corrected chi connectivity index (χ1v) is 8.19. The van der Waals surface area contributed by atoms with Crippen molar-refractivity contribution < 1.29 is 33.0 Å². The Balaban J connectivity index is 2.45. The lowest BCUT2D eigenvalue weighted by molar-refractivity contribution is -0.140. The standard InChI is InChI=1S/C11H13NO7S2/c1-19-11(16)9-8(2-3-20-9)21(17,18)12-5-6(13)4-7(12)10(14)15/h2-3,6-7,13H,4-5H2,1H3,(H,14,15)/t6?,7-/m0/s1. The number of carboxylic acids is 1. The predicted molar refractivity (Wildman–Crippen MR) is 71.6 cm³/mol. The first-order valence-electron chi connectivity index (χ1n) is 5.87. The van der Waals surface area contributed by atoms with E-state index in [0.717, 1.165) is 18.4 Å². The van der Waals surface area contributed by atoms with Gasteiger partial charge in [-0.05, 0) is 11.4 Å². The first-order chi connectivity index (χ1) is 9.78. The summed E-state index contributed by atoms with van der Waals surface area (Å²) in [7, 11) is -3.08. The molecule has 8 nitrogen and oxygen atoms in total. The van der Waals surface area contributed by atoms with Gasteiger partial charge in [0.25, 0.3) is 0 Å². The number of hydrogen-bond acceptors (Lipinski definition) is 7. The lowest BCUT2D eigenvalue weighted by Gasteiger charge is -2.20. The second kappa shape index (κ2) is 5.72. The molecule has 0 amide bonds. The summed E-state index contributed by atoms with van der Waals surface area (Å²) < 4.78 is 30.3. The van der Waals surface area contributed by atoms with Crippen LogP contribution in [0.25, 0.3) is 0 Å². The van der Waals surface area contributed by atoms with E-state index in [9.17, 15) is 23.1 Å². The molecule has 2 heterocycles. The Bertz CT molecular complexity index is 666. The van der Waals surface area contributed by atoms with E-state index in [0.29, 0.717) is 4.31 Å². The number of β-amino-alcohol motifs (C(OH)–C–C–N with tert-alkyl or cyclic N) is 1. The van der Waals surface area contributed by atoms with E-state index in [1.807, 2.05) is 0 Å². The molecule has 1 aromatic heterocycles. The quantitative estimate of drug-likeness (QED) is 0.727. The van der Waals surface area contributed by atoms with Gasteiger partial charge in [0.2, 0.25) is 10.0 Å². The van der Waals surface area contributed by atoms with E-state index in [-0.39, 0.29) is 22.7 Å². The van der Waals surface area contributed by atoms with Crippen molar-refractivity contribution in [2.45, 2.75) is 23.5 Å². The minimum absolute atomic E-state index is 0.122. The van der Waals surface area contributed by atoms with Crippen LogP contribution in [-0.2, 0) is 19.6 Å². The van der Waals surface area contributed by atoms with Gasteiger partial charge in [0.15, 0.2) is 0 Å². The molecule has 2 rings (SSSR count). The highest BCUT2D eigenvalue weighted by Crippen LogP contribution is 2.31. The summed E-state index contributed by atoms with van der Waals surface area (Å²) in [5.74, 6) is -2.15. The predicted octanol–water partition coefficient (Wildman–Crippen LogP) is -0.257. The number of ether oxygens (including phenoxy) is 1. The Morgan fingerprint density at radius 2 is 2.14 bits per heavy atom. The number of rotatable bonds is 4. The topological polar surface area (TPSA) is 121 Å². The van der Waals surface area contributed by atoms with Gasteiger partial charge in [-0.15, -0.1) is 11.3 Å². The van der Waals surface area contributed by atoms with Crippen molar-refractivity contribution in [1.29, 1.82) is 0 Å². The van der Waals surface area contributed by atoms with Gasteiger partial charge in [-0.3, -0.25) is 4.79 Å². The maximum atomic E-state index is 12.5. The molecular formula is C11H13NO7S2. The molecule has 2 N–H and O–H groups in total. The van der Waals surface area contributed by atoms with E-state index in [1.165, 1.54) is 11.4 Å². The molecular weight excluding hydrogens is 322 g/mol. The third-order valence-corrected chi connectivity index (χ3v) is 6.05. The highest BCUT2D eigenvalue weighted by Gasteiger charge is 2.44. The molecule has 0 aliphatic carbocycles. The highest BCUT2D eigenvalue weighted by molar-refractivity contribution is 7.89. The number of hydrogen-bond donors (Lipinski definition) is 2. The number of sulfonamides is 1. The highest BCUT2D eigenvalue weighted by atomic mass is 32.2. The normalized spacial score (nSPS) is 23.1. The summed E-state index contributed by atoms with van der Waals surface area (Å²) >= 11 is 0.888. The molecule has 0 bridgehead atoms. The van der Waals surface area contributed by atoms with Crippen LogP contribution in [0.5, 0.6) is 0 Å². The fourth-order valence-electron chi connectivity index (χ4n) is 2.14. The molecule has 1 aliphatic heterocycles. The van der Waals surface area contributed by atoms with Gasteiger partial charge >= 0.3 is 11.9 Å². The molecule has 2 atom stereocenters. The van der Waals surface area contributed by atoms with Gasteiger partial charge in [0.05, 0.1) is 13.2 Å². The number of carboxylic acid groups (broad SMARTS) is 1. The van der Waals surface area contributed by atoms with Crippen molar-refractivity contribution in [3.05, 3.63) is 16.3 Å². The van der Waals surface area contributed by atoms with Crippen LogP contribution in [0.2, 0.25) is 0 Å². The third kappa shape index (κ3) is 2.79. The summed E-state index contributed by atoms with van der Waals surface area (Å²) in [5, 5.41) is 20.0. The number of aliphatic carboxylic acids is 1. The summed E-state index contributed by atoms with van der Waals surface area (Å²) in [4.78, 5) is 22.3. The maximum Gasteiger partial charge on any atom is 0.349 e. The largest absolute Gasteiger partial charge is 0.480 e. The van der Waals surface area contributed by atoms with Gasteiger partial charge in [-0.25, -0.2) is 13.2 Å². The summed E-state index contributed by atoms with van der Waals surface area (Å²) in [5.41, 5.74) is 0. The van der Waals surface area contributed by atoms with Crippen molar-refractivity contribution in [3.63, 3.8) is 0 Å². The monoisotopic (exact) mass is 335 g/mol. The van der Waals surface area contributed by atoms with E-state index < -0.39 is 34.1 Å². The van der Waals surface area contributed by atoms with E-state index in [2.05, 4.69) is 4.74 Å². The summed E-state index contributed by atoms with van der Waals surface area (Å²) in [6, 6.07) is -0.133. The minimum atomic E-state index is -4.21. The van der Waals surface area contributed by atoms with E-state index in [4.69, 9.17) is 5.11 Å². The lowest BCUT2D eigenvalue weighted by Crippen LogP contribution is -2.40. The van der Waals surface area contributed by atoms with Crippen LogP contribution < -0.4 is 0 Å². The average Bonchev–Trinajstić information content (AvgIpc) is 3.04. The van der Waals surface area contributed by atoms with Crippen LogP contribution in [-0.4, -0.2) is 60.7 Å². The van der Waals surface area contributed by atoms with Gasteiger partial charge in [0, 0.05) is 13.0 Å². The van der Waals surface area contributed by atoms with Crippen molar-refractivity contribution in [1.82, 2.24) is 4.31 Å². The second-order valence-corrected chi connectivity index (χ2v) is 7.20. The van der Waals surface area contributed by atoms with Crippen LogP contribution in [0.3, 0.4) is 0 Å². The van der Waals surface area contributed by atoms with Crippen molar-refractivity contribution >= 4 is 33.3 Å². The van der Waals surface area contributed by atoms with E-state index in [1.54, 1.807) is 0 Å². The van der Waals surface area contributed by atoms with Crippen molar-refractivity contribution in [3.8, 4) is 0 Å². The van der Waals surface area contributed by atoms with Gasteiger partial charge < -0.3 is 14.9 Å². The van der Waals surface area contributed by atoms with Crippen LogP contribution >= 0.6 is 11.3 Å². The number of nitrogens with zero attached hydrogens (tertiary/aromatic N) is 1. The fourth-order valence-corrected chi connectivity index (χ4v) is 5.08. The molecule has 1 aliphatic rings. The van der Waals surface area contributed by atoms with Crippen LogP contribution in [0.15, 0.2) is 16.3 Å². The Labute approximate surface area is 124 Å². The smallest absolute Gasteiger partial charge is 0.349 e. The molecule has 0 saturated carbocycles. The van der Waals surface area contributed by atoms with Crippen LogP contribution in [0.4, 0.5) is 0 Å². The Kier molecular flexibility index (Phi) is 4.33. The molecule has 116 valence electrons. The number of carbonyl (C=O) groups is 2. The Hall–Kier alpha value is -1.49. The number of methoxy groups -OCH3 is 1. The zero-order valence-electron chi connectivity index (χ0n) is 10.9. The summed E-state index contributed by atoms with van der Waals surface area (Å²) in [6.45, 7) is -0.324. The zero-order valence-corrected chi connectivity index (χ0v) is 12.6. The van der Waals surface area contributed by atoms with E-state index >= 15 is 0 Å². The van der Waals surface area contributed by atoms with Crippen molar-refractivity contribution in [2.24, 2.45) is 0 Å². The molecule has 10 heteroatoms. The van der Waals surface area contributed by atoms with Gasteiger partial charge in [0.1, 0.15) is 15.8 Å². The molecule has 0 radical (unpaired) electrons. The molecule has 1 aromatic rings. The van der Waals surface area contributed by atoms with Crippen LogP contribution in [0, 0.1) is 0 Å². The minimum Gasteiger partial charge on any atom is -0.480 e. The summed E-state index contributed by atoms with van der Waals surface area (Å²) in [6.07, 6.45) is -1.24. The maximum absolute atomic E-state index is 12.5.